The van der Waals surface area contributed by atoms with Gasteiger partial charge < -0.3 is 14.6 Å². The van der Waals surface area contributed by atoms with Crippen molar-refractivity contribution >= 4 is 34.9 Å². The molecule has 5 unspecified atom stereocenters. The standard InChI is InChI=1S/C33H35N5O4S/c1-31-15-19-17-36-38(27-7-3-4-12-34-27)23(19)14-20(31)8-9-21-22-10-11-33(41,32(22,2)16-24(39)28(21)31)26(40)18-43-30-37-29-25(42-30)6-5-13-35-29/h3-7,12-14,17,21-22,24,28,39,41H,8-11,15-16,18H2,1-2H3/t21?,22?,24-,28?,31?,32?,33-/m0/s1. The summed E-state index contributed by atoms with van der Waals surface area (Å²) in [6, 6.07) is 9.41. The van der Waals surface area contributed by atoms with Crippen molar-refractivity contribution in [3.05, 3.63) is 65.8 Å². The first kappa shape index (κ1) is 27.2. The molecular formula is C33H35N5O4S. The third-order valence-electron chi connectivity index (χ3n) is 11.4. The molecule has 43 heavy (non-hydrogen) atoms. The molecule has 4 heterocycles. The maximum atomic E-state index is 13.8. The van der Waals surface area contributed by atoms with E-state index < -0.39 is 17.1 Å². The molecule has 4 aromatic heterocycles. The van der Waals surface area contributed by atoms with E-state index in [0.717, 1.165) is 37.2 Å². The molecule has 8 rings (SSSR count). The predicted molar refractivity (Wildman–Crippen MR) is 161 cm³/mol. The Labute approximate surface area is 253 Å². The van der Waals surface area contributed by atoms with Gasteiger partial charge in [0.2, 0.25) is 0 Å². The molecule has 10 heteroatoms. The number of nitrogens with zero attached hydrogens (tertiary/aromatic N) is 5. The summed E-state index contributed by atoms with van der Waals surface area (Å²) in [6.07, 6.45) is 11.3. The smallest absolute Gasteiger partial charge is 0.258 e. The summed E-state index contributed by atoms with van der Waals surface area (Å²) in [5, 5.41) is 29.1. The summed E-state index contributed by atoms with van der Waals surface area (Å²) in [5.74, 6) is 1.08. The average molecular weight is 598 g/mol. The molecule has 0 aromatic carbocycles. The van der Waals surface area contributed by atoms with Gasteiger partial charge in [0.25, 0.3) is 5.22 Å². The number of Topliss-reactive ketones (excluding diaryl/α,β-unsaturated/α-hetero) is 1. The van der Waals surface area contributed by atoms with Gasteiger partial charge in [0, 0.05) is 17.8 Å². The number of allylic oxidation sites excluding steroid dienone is 1. The molecule has 0 radical (unpaired) electrons. The van der Waals surface area contributed by atoms with Crippen LogP contribution in [0.3, 0.4) is 0 Å². The SMILES string of the molecule is CC12Cc3cnn(-c4ccccn4)c3C=C1CCC1C2[C@@H](O)CC2(C)C1CC[C@]2(O)C(=O)CSc1nc2ncccc2o1. The van der Waals surface area contributed by atoms with E-state index in [1.807, 2.05) is 36.0 Å². The number of carbonyl (C=O) groups excluding carboxylic acids is 1. The molecule has 3 saturated carbocycles. The van der Waals surface area contributed by atoms with Crippen LogP contribution in [0, 0.1) is 28.6 Å². The fourth-order valence-corrected chi connectivity index (χ4v) is 10.2. The Morgan fingerprint density at radius 1 is 1.16 bits per heavy atom. The lowest BCUT2D eigenvalue weighted by atomic mass is 9.45. The Bertz CT molecular complexity index is 1740. The van der Waals surface area contributed by atoms with E-state index in [9.17, 15) is 15.0 Å². The zero-order chi connectivity index (χ0) is 29.6. The molecule has 222 valence electrons. The number of thioether (sulfide) groups is 1. The Kier molecular flexibility index (Phi) is 6.06. The number of fused-ring (bicyclic) bond motifs is 7. The minimum atomic E-state index is -1.50. The summed E-state index contributed by atoms with van der Waals surface area (Å²) >= 11 is 1.20. The van der Waals surface area contributed by atoms with Crippen molar-refractivity contribution in [2.45, 2.75) is 69.3 Å². The second-order valence-corrected chi connectivity index (χ2v) is 14.3. The van der Waals surface area contributed by atoms with E-state index in [2.05, 4.69) is 28.0 Å². The minimum absolute atomic E-state index is 0.0519. The number of aliphatic hydroxyl groups is 2. The van der Waals surface area contributed by atoms with Crippen molar-refractivity contribution < 1.29 is 19.4 Å². The maximum absolute atomic E-state index is 13.8. The van der Waals surface area contributed by atoms with Crippen LogP contribution in [0.15, 0.2) is 64.1 Å². The van der Waals surface area contributed by atoms with Gasteiger partial charge in [-0.3, -0.25) is 4.79 Å². The zero-order valence-corrected chi connectivity index (χ0v) is 25.1. The number of aliphatic hydroxyl groups excluding tert-OH is 1. The zero-order valence-electron chi connectivity index (χ0n) is 24.3. The van der Waals surface area contributed by atoms with Crippen molar-refractivity contribution in [2.24, 2.45) is 28.6 Å². The van der Waals surface area contributed by atoms with Gasteiger partial charge in [0.1, 0.15) is 5.60 Å². The topological polar surface area (TPSA) is 127 Å². The Morgan fingerprint density at radius 2 is 2.02 bits per heavy atom. The number of carbonyl (C=O) groups is 1. The van der Waals surface area contributed by atoms with Crippen LogP contribution in [-0.4, -0.2) is 58.2 Å². The van der Waals surface area contributed by atoms with Crippen LogP contribution in [0.4, 0.5) is 0 Å². The summed E-state index contributed by atoms with van der Waals surface area (Å²) < 4.78 is 7.66. The Hall–Kier alpha value is -3.34. The van der Waals surface area contributed by atoms with Gasteiger partial charge in [-0.15, -0.1) is 0 Å². The number of ketones is 1. The number of hydrogen-bond donors (Lipinski definition) is 2. The molecule has 9 nitrogen and oxygen atoms in total. The van der Waals surface area contributed by atoms with Gasteiger partial charge in [-0.2, -0.15) is 10.1 Å². The summed E-state index contributed by atoms with van der Waals surface area (Å²) in [5.41, 5.74) is 2.27. The number of pyridine rings is 2. The average Bonchev–Trinajstić information content (AvgIpc) is 3.68. The molecule has 0 saturated heterocycles. The van der Waals surface area contributed by atoms with Crippen LogP contribution in [0.5, 0.6) is 0 Å². The molecule has 0 aliphatic heterocycles. The molecule has 4 aliphatic carbocycles. The number of hydrogen-bond acceptors (Lipinski definition) is 9. The van der Waals surface area contributed by atoms with Crippen molar-refractivity contribution in [3.63, 3.8) is 0 Å². The number of oxazole rings is 1. The highest BCUT2D eigenvalue weighted by Crippen LogP contribution is 2.67. The van der Waals surface area contributed by atoms with Crippen LogP contribution >= 0.6 is 11.8 Å². The van der Waals surface area contributed by atoms with E-state index in [1.165, 1.54) is 22.9 Å². The summed E-state index contributed by atoms with van der Waals surface area (Å²) in [4.78, 5) is 26.9. The largest absolute Gasteiger partial charge is 0.430 e. The van der Waals surface area contributed by atoms with Crippen molar-refractivity contribution in [1.29, 1.82) is 0 Å². The summed E-state index contributed by atoms with van der Waals surface area (Å²) in [7, 11) is 0. The molecule has 7 atom stereocenters. The second-order valence-electron chi connectivity index (χ2n) is 13.4. The first-order valence-electron chi connectivity index (χ1n) is 15.2. The van der Waals surface area contributed by atoms with Crippen LogP contribution in [0.2, 0.25) is 0 Å². The molecule has 0 amide bonds. The van der Waals surface area contributed by atoms with Crippen molar-refractivity contribution in [3.8, 4) is 5.82 Å². The molecule has 3 fully saturated rings. The lowest BCUT2D eigenvalue weighted by Crippen LogP contribution is -2.62. The predicted octanol–water partition coefficient (Wildman–Crippen LogP) is 5.05. The fraction of sp³-hybridized carbons (Fsp3) is 0.485. The van der Waals surface area contributed by atoms with Crippen LogP contribution in [0.1, 0.15) is 57.2 Å². The van der Waals surface area contributed by atoms with E-state index in [-0.39, 0.29) is 34.7 Å². The number of rotatable bonds is 5. The van der Waals surface area contributed by atoms with Gasteiger partial charge in [-0.25, -0.2) is 14.6 Å². The van der Waals surface area contributed by atoms with Gasteiger partial charge >= 0.3 is 0 Å². The highest BCUT2D eigenvalue weighted by molar-refractivity contribution is 7.99. The lowest BCUT2D eigenvalue weighted by Gasteiger charge is -2.60. The second kappa shape index (κ2) is 9.58. The third kappa shape index (κ3) is 3.88. The van der Waals surface area contributed by atoms with E-state index in [4.69, 9.17) is 9.52 Å². The molecule has 4 aliphatic rings. The van der Waals surface area contributed by atoms with Crippen LogP contribution < -0.4 is 0 Å². The van der Waals surface area contributed by atoms with Crippen LogP contribution in [-0.2, 0) is 11.2 Å². The Morgan fingerprint density at radius 3 is 2.84 bits per heavy atom. The van der Waals surface area contributed by atoms with Crippen molar-refractivity contribution in [1.82, 2.24) is 24.7 Å². The Balaban J connectivity index is 1.05. The highest BCUT2D eigenvalue weighted by Gasteiger charge is 2.68. The van der Waals surface area contributed by atoms with Crippen LogP contribution in [0.25, 0.3) is 23.1 Å². The quantitative estimate of drug-likeness (QED) is 0.304. The van der Waals surface area contributed by atoms with Gasteiger partial charge in [0.15, 0.2) is 22.8 Å². The maximum Gasteiger partial charge on any atom is 0.258 e. The van der Waals surface area contributed by atoms with Gasteiger partial charge in [-0.05, 0) is 97.6 Å². The lowest BCUT2D eigenvalue weighted by molar-refractivity contribution is -0.177. The number of aromatic nitrogens is 5. The van der Waals surface area contributed by atoms with Crippen molar-refractivity contribution in [2.75, 3.05) is 5.75 Å². The third-order valence-corrected chi connectivity index (χ3v) is 12.2. The van der Waals surface area contributed by atoms with E-state index in [0.29, 0.717) is 29.3 Å². The fourth-order valence-electron chi connectivity index (χ4n) is 9.37. The highest BCUT2D eigenvalue weighted by atomic mass is 32.2. The first-order valence-corrected chi connectivity index (χ1v) is 16.2. The van der Waals surface area contributed by atoms with E-state index in [1.54, 1.807) is 24.5 Å². The molecule has 0 spiro atoms. The molecule has 4 aromatic rings. The molecule has 0 bridgehead atoms. The first-order chi connectivity index (χ1) is 20.7. The normalized spacial score (nSPS) is 34.7. The molecule has 2 N–H and O–H groups in total. The summed E-state index contributed by atoms with van der Waals surface area (Å²) in [6.45, 7) is 4.35. The monoisotopic (exact) mass is 597 g/mol. The van der Waals surface area contributed by atoms with E-state index >= 15 is 0 Å². The molecular weight excluding hydrogens is 562 g/mol. The minimum Gasteiger partial charge on any atom is -0.430 e. The van der Waals surface area contributed by atoms with Gasteiger partial charge in [-0.1, -0.05) is 37.2 Å². The van der Waals surface area contributed by atoms with Gasteiger partial charge in [0.05, 0.1) is 23.7 Å².